The van der Waals surface area contributed by atoms with Gasteiger partial charge >= 0.3 is 0 Å². The van der Waals surface area contributed by atoms with Gasteiger partial charge in [-0.15, -0.1) is 0 Å². The summed E-state index contributed by atoms with van der Waals surface area (Å²) in [6, 6.07) is 3.66. The Labute approximate surface area is 105 Å². The molecule has 1 N–H and O–H groups in total. The second kappa shape index (κ2) is 5.29. The van der Waals surface area contributed by atoms with Gasteiger partial charge < -0.3 is 5.11 Å². The van der Waals surface area contributed by atoms with Gasteiger partial charge in [0.05, 0.1) is 16.8 Å². The van der Waals surface area contributed by atoms with Crippen LogP contribution in [-0.2, 0) is 0 Å². The number of aromatic nitrogens is 1. The van der Waals surface area contributed by atoms with Crippen molar-refractivity contribution in [1.82, 2.24) is 4.98 Å². The van der Waals surface area contributed by atoms with Crippen LogP contribution in [0.2, 0.25) is 5.02 Å². The molecule has 17 heavy (non-hydrogen) atoms. The third-order valence-corrected chi connectivity index (χ3v) is 2.98. The minimum Gasteiger partial charge on any atom is -0.396 e. The van der Waals surface area contributed by atoms with E-state index in [1.54, 1.807) is 29.4 Å². The van der Waals surface area contributed by atoms with Crippen molar-refractivity contribution < 1.29 is 5.11 Å². The van der Waals surface area contributed by atoms with E-state index in [2.05, 4.69) is 16.7 Å². The molecule has 2 heterocycles. The van der Waals surface area contributed by atoms with E-state index in [0.29, 0.717) is 17.3 Å². The van der Waals surface area contributed by atoms with Crippen LogP contribution in [0.15, 0.2) is 36.1 Å². The van der Waals surface area contributed by atoms with E-state index in [1.807, 2.05) is 0 Å². The van der Waals surface area contributed by atoms with Crippen molar-refractivity contribution in [2.75, 3.05) is 11.6 Å². The molecule has 1 unspecified atom stereocenters. The Morgan fingerprint density at radius 2 is 2.47 bits per heavy atom. The third kappa shape index (κ3) is 2.48. The standard InChI is InChI=1S/C12H14ClN3O/c1-2-9-8-10(5-7-17)16(15-9)12-11(13)4-3-6-14-12/h2-4,6,10,17H,1,5,7-8H2. The Kier molecular flexibility index (Phi) is 3.76. The van der Waals surface area contributed by atoms with Gasteiger partial charge in [-0.2, -0.15) is 5.10 Å². The molecule has 0 fully saturated rings. The molecule has 0 amide bonds. The van der Waals surface area contributed by atoms with Gasteiger partial charge in [0.2, 0.25) is 0 Å². The van der Waals surface area contributed by atoms with Crippen molar-refractivity contribution in [2.24, 2.45) is 5.10 Å². The van der Waals surface area contributed by atoms with Crippen molar-refractivity contribution >= 4 is 23.1 Å². The molecule has 0 aliphatic carbocycles. The summed E-state index contributed by atoms with van der Waals surface area (Å²) >= 11 is 6.10. The van der Waals surface area contributed by atoms with E-state index in [1.165, 1.54) is 0 Å². The summed E-state index contributed by atoms with van der Waals surface area (Å²) in [5.41, 5.74) is 0.894. The molecule has 0 spiro atoms. The van der Waals surface area contributed by atoms with Crippen LogP contribution < -0.4 is 5.01 Å². The summed E-state index contributed by atoms with van der Waals surface area (Å²) in [7, 11) is 0. The van der Waals surface area contributed by atoms with Crippen molar-refractivity contribution in [3.8, 4) is 0 Å². The summed E-state index contributed by atoms with van der Waals surface area (Å²) in [6.07, 6.45) is 4.80. The molecule has 2 rings (SSSR count). The van der Waals surface area contributed by atoms with Crippen LogP contribution in [-0.4, -0.2) is 28.5 Å². The minimum atomic E-state index is 0.0976. The minimum absolute atomic E-state index is 0.0976. The molecule has 0 saturated carbocycles. The molecule has 1 aromatic rings. The second-order valence-electron chi connectivity index (χ2n) is 3.82. The van der Waals surface area contributed by atoms with Crippen molar-refractivity contribution in [1.29, 1.82) is 0 Å². The molecule has 0 saturated heterocycles. The third-order valence-electron chi connectivity index (χ3n) is 2.68. The van der Waals surface area contributed by atoms with E-state index in [9.17, 15) is 0 Å². The lowest BCUT2D eigenvalue weighted by molar-refractivity contribution is 0.276. The van der Waals surface area contributed by atoms with Gasteiger partial charge in [0.15, 0.2) is 5.82 Å². The smallest absolute Gasteiger partial charge is 0.168 e. The molecule has 1 aliphatic rings. The van der Waals surface area contributed by atoms with Crippen LogP contribution >= 0.6 is 11.6 Å². The molecule has 1 aromatic heterocycles. The van der Waals surface area contributed by atoms with Crippen LogP contribution in [0.5, 0.6) is 0 Å². The SMILES string of the molecule is C=CC1=NN(c2ncccc2Cl)C(CCO)C1. The lowest BCUT2D eigenvalue weighted by atomic mass is 10.1. The van der Waals surface area contributed by atoms with Gasteiger partial charge in [0.25, 0.3) is 0 Å². The monoisotopic (exact) mass is 251 g/mol. The highest BCUT2D eigenvalue weighted by Gasteiger charge is 2.28. The molecule has 1 atom stereocenters. The fourth-order valence-electron chi connectivity index (χ4n) is 1.85. The maximum absolute atomic E-state index is 9.06. The van der Waals surface area contributed by atoms with Gasteiger partial charge in [-0.25, -0.2) is 9.99 Å². The molecule has 4 nitrogen and oxygen atoms in total. The number of pyridine rings is 1. The first-order valence-corrected chi connectivity index (χ1v) is 5.84. The maximum Gasteiger partial charge on any atom is 0.168 e. The molecule has 0 aromatic carbocycles. The van der Waals surface area contributed by atoms with Gasteiger partial charge in [-0.05, 0) is 24.6 Å². The first-order valence-electron chi connectivity index (χ1n) is 5.46. The predicted molar refractivity (Wildman–Crippen MR) is 69.5 cm³/mol. The number of allylic oxidation sites excluding steroid dienone is 1. The lowest BCUT2D eigenvalue weighted by Crippen LogP contribution is -2.28. The molecule has 0 radical (unpaired) electrons. The quantitative estimate of drug-likeness (QED) is 0.893. The topological polar surface area (TPSA) is 48.7 Å². The van der Waals surface area contributed by atoms with Gasteiger partial charge in [0.1, 0.15) is 0 Å². The second-order valence-corrected chi connectivity index (χ2v) is 4.23. The highest BCUT2D eigenvalue weighted by molar-refractivity contribution is 6.33. The number of anilines is 1. The van der Waals surface area contributed by atoms with E-state index in [0.717, 1.165) is 12.1 Å². The molecular formula is C12H14ClN3O. The number of halogens is 1. The van der Waals surface area contributed by atoms with Gasteiger partial charge in [0, 0.05) is 19.2 Å². The zero-order valence-electron chi connectivity index (χ0n) is 9.38. The Bertz CT molecular complexity index is 447. The van der Waals surface area contributed by atoms with Crippen LogP contribution in [0.25, 0.3) is 0 Å². The first-order chi connectivity index (χ1) is 8.26. The average molecular weight is 252 g/mol. The summed E-state index contributed by atoms with van der Waals surface area (Å²) in [5, 5.41) is 15.8. The molecule has 0 bridgehead atoms. The number of hydrogen-bond acceptors (Lipinski definition) is 4. The van der Waals surface area contributed by atoms with Gasteiger partial charge in [-0.1, -0.05) is 18.2 Å². The molecule has 90 valence electrons. The molecule has 5 heteroatoms. The number of nitrogens with zero attached hydrogens (tertiary/aromatic N) is 3. The largest absolute Gasteiger partial charge is 0.396 e. The van der Waals surface area contributed by atoms with E-state index in [4.69, 9.17) is 16.7 Å². The average Bonchev–Trinajstić information content (AvgIpc) is 2.73. The van der Waals surface area contributed by atoms with E-state index < -0.39 is 0 Å². The van der Waals surface area contributed by atoms with Crippen molar-refractivity contribution in [3.05, 3.63) is 36.0 Å². The summed E-state index contributed by atoms with van der Waals surface area (Å²) in [5.74, 6) is 0.629. The first kappa shape index (κ1) is 12.1. The number of aliphatic hydroxyl groups excluding tert-OH is 1. The Hall–Kier alpha value is -1.39. The Morgan fingerprint density at radius 1 is 1.65 bits per heavy atom. The van der Waals surface area contributed by atoms with E-state index >= 15 is 0 Å². The molecule has 1 aliphatic heterocycles. The summed E-state index contributed by atoms with van der Waals surface area (Å²) < 4.78 is 0. The van der Waals surface area contributed by atoms with Crippen molar-refractivity contribution in [2.45, 2.75) is 18.9 Å². The Balaban J connectivity index is 2.31. The fraction of sp³-hybridized carbons (Fsp3) is 0.333. The van der Waals surface area contributed by atoms with Gasteiger partial charge in [-0.3, -0.25) is 0 Å². The van der Waals surface area contributed by atoms with Crippen LogP contribution in [0.4, 0.5) is 5.82 Å². The maximum atomic E-state index is 9.06. The normalized spacial score (nSPS) is 19.3. The van der Waals surface area contributed by atoms with E-state index in [-0.39, 0.29) is 12.6 Å². The zero-order chi connectivity index (χ0) is 12.3. The summed E-state index contributed by atoms with van der Waals surface area (Å²) in [4.78, 5) is 4.23. The highest BCUT2D eigenvalue weighted by Crippen LogP contribution is 2.30. The van der Waals surface area contributed by atoms with Crippen LogP contribution in [0, 0.1) is 0 Å². The number of hydrazone groups is 1. The summed E-state index contributed by atoms with van der Waals surface area (Å²) in [6.45, 7) is 3.83. The number of aliphatic hydroxyl groups is 1. The van der Waals surface area contributed by atoms with Crippen LogP contribution in [0.3, 0.4) is 0 Å². The van der Waals surface area contributed by atoms with Crippen molar-refractivity contribution in [3.63, 3.8) is 0 Å². The predicted octanol–water partition coefficient (Wildman–Crippen LogP) is 2.24. The zero-order valence-corrected chi connectivity index (χ0v) is 10.1. The Morgan fingerprint density at radius 3 is 3.12 bits per heavy atom. The number of rotatable bonds is 4. The van der Waals surface area contributed by atoms with Crippen LogP contribution in [0.1, 0.15) is 12.8 Å². The highest BCUT2D eigenvalue weighted by atomic mass is 35.5. The molecular weight excluding hydrogens is 238 g/mol. The number of hydrogen-bond donors (Lipinski definition) is 1. The fourth-order valence-corrected chi connectivity index (χ4v) is 2.06. The lowest BCUT2D eigenvalue weighted by Gasteiger charge is -2.22.